The van der Waals surface area contributed by atoms with Crippen molar-refractivity contribution in [1.29, 1.82) is 0 Å². The molecule has 23 heavy (non-hydrogen) atoms. The molecule has 3 rings (SSSR count). The number of halogens is 3. The van der Waals surface area contributed by atoms with Gasteiger partial charge < -0.3 is 15.2 Å². The summed E-state index contributed by atoms with van der Waals surface area (Å²) in [6.45, 7) is 0. The SMILES string of the molecule is O=C([O-])[C@H]1[C@H]2CC[C@@H](C2)[C@@H]1C(=O)Nc1cccc(C(F)(F)F)c1. The van der Waals surface area contributed by atoms with Gasteiger partial charge in [-0.25, -0.2) is 0 Å². The maximum absolute atomic E-state index is 12.7. The molecule has 0 aliphatic heterocycles. The molecule has 1 aromatic rings. The first kappa shape index (κ1) is 15.8. The highest BCUT2D eigenvalue weighted by atomic mass is 19.4. The van der Waals surface area contributed by atoms with Crippen molar-refractivity contribution in [2.24, 2.45) is 23.7 Å². The van der Waals surface area contributed by atoms with Crippen LogP contribution in [0.25, 0.3) is 0 Å². The summed E-state index contributed by atoms with van der Waals surface area (Å²) in [5.74, 6) is -3.46. The Morgan fingerprint density at radius 3 is 2.39 bits per heavy atom. The average molecular weight is 326 g/mol. The van der Waals surface area contributed by atoms with Crippen molar-refractivity contribution < 1.29 is 27.9 Å². The standard InChI is InChI=1S/C16H16F3NO3/c17-16(18,19)10-2-1-3-11(7-10)20-14(21)12-8-4-5-9(6-8)13(12)15(22)23/h1-3,7-9,12-13H,4-6H2,(H,20,21)(H,22,23)/p-1/t8-,9-,12-,13-/m0/s1. The van der Waals surface area contributed by atoms with Crippen LogP contribution in [0.5, 0.6) is 0 Å². The van der Waals surface area contributed by atoms with Gasteiger partial charge in [-0.2, -0.15) is 13.2 Å². The Morgan fingerprint density at radius 1 is 1.13 bits per heavy atom. The number of alkyl halides is 3. The lowest BCUT2D eigenvalue weighted by atomic mass is 9.78. The van der Waals surface area contributed by atoms with Gasteiger partial charge in [-0.15, -0.1) is 0 Å². The van der Waals surface area contributed by atoms with Crippen molar-refractivity contribution in [3.63, 3.8) is 0 Å². The summed E-state index contributed by atoms with van der Waals surface area (Å²) in [4.78, 5) is 23.7. The van der Waals surface area contributed by atoms with Gasteiger partial charge in [0.25, 0.3) is 0 Å². The highest BCUT2D eigenvalue weighted by Gasteiger charge is 2.51. The molecule has 7 heteroatoms. The third-order valence-electron chi connectivity index (χ3n) is 4.95. The van der Waals surface area contributed by atoms with E-state index < -0.39 is 35.5 Å². The lowest BCUT2D eigenvalue weighted by Gasteiger charge is -2.30. The van der Waals surface area contributed by atoms with Crippen molar-refractivity contribution in [1.82, 2.24) is 0 Å². The van der Waals surface area contributed by atoms with Crippen molar-refractivity contribution in [2.75, 3.05) is 5.32 Å². The highest BCUT2D eigenvalue weighted by molar-refractivity contribution is 5.95. The monoisotopic (exact) mass is 326 g/mol. The molecule has 0 spiro atoms. The van der Waals surface area contributed by atoms with E-state index in [0.717, 1.165) is 25.0 Å². The molecule has 2 aliphatic carbocycles. The van der Waals surface area contributed by atoms with E-state index in [9.17, 15) is 27.9 Å². The van der Waals surface area contributed by atoms with E-state index in [2.05, 4.69) is 5.32 Å². The topological polar surface area (TPSA) is 69.2 Å². The first-order valence-electron chi connectivity index (χ1n) is 7.46. The predicted molar refractivity (Wildman–Crippen MR) is 72.9 cm³/mol. The maximum Gasteiger partial charge on any atom is 0.416 e. The van der Waals surface area contributed by atoms with E-state index in [-0.39, 0.29) is 17.5 Å². The van der Waals surface area contributed by atoms with Crippen LogP contribution in [0, 0.1) is 23.7 Å². The molecule has 4 atom stereocenters. The van der Waals surface area contributed by atoms with Crippen molar-refractivity contribution in [3.05, 3.63) is 29.8 Å². The van der Waals surface area contributed by atoms with Gasteiger partial charge in [0.15, 0.2) is 0 Å². The van der Waals surface area contributed by atoms with E-state index >= 15 is 0 Å². The number of carbonyl (C=O) groups is 2. The van der Waals surface area contributed by atoms with Crippen LogP contribution >= 0.6 is 0 Å². The smallest absolute Gasteiger partial charge is 0.416 e. The number of aliphatic carboxylic acids is 1. The Kier molecular flexibility index (Phi) is 3.82. The summed E-state index contributed by atoms with van der Waals surface area (Å²) in [7, 11) is 0. The quantitative estimate of drug-likeness (QED) is 0.924. The molecule has 0 heterocycles. The van der Waals surface area contributed by atoms with Gasteiger partial charge >= 0.3 is 6.18 Å². The molecule has 1 N–H and O–H groups in total. The molecule has 0 radical (unpaired) electrons. The molecule has 0 saturated heterocycles. The van der Waals surface area contributed by atoms with E-state index in [0.29, 0.717) is 6.42 Å². The van der Waals surface area contributed by atoms with Gasteiger partial charge in [-0.1, -0.05) is 6.07 Å². The number of carboxylic acids is 1. The molecule has 2 saturated carbocycles. The number of rotatable bonds is 3. The third kappa shape index (κ3) is 2.92. The number of hydrogen-bond donors (Lipinski definition) is 1. The Bertz CT molecular complexity index is 644. The molecular formula is C16H15F3NO3-. The molecular weight excluding hydrogens is 311 g/mol. The lowest BCUT2D eigenvalue weighted by Crippen LogP contribution is -2.43. The van der Waals surface area contributed by atoms with Crippen molar-refractivity contribution >= 4 is 17.6 Å². The Balaban J connectivity index is 1.78. The number of nitrogens with one attached hydrogen (secondary N) is 1. The molecule has 0 unspecified atom stereocenters. The Labute approximate surface area is 130 Å². The van der Waals surface area contributed by atoms with Crippen molar-refractivity contribution in [3.8, 4) is 0 Å². The fourth-order valence-corrected chi connectivity index (χ4v) is 4.01. The Morgan fingerprint density at radius 2 is 1.78 bits per heavy atom. The second-order valence-electron chi connectivity index (χ2n) is 6.27. The summed E-state index contributed by atoms with van der Waals surface area (Å²) in [6.07, 6.45) is -2.30. The van der Waals surface area contributed by atoms with Crippen LogP contribution in [-0.2, 0) is 15.8 Å². The minimum absolute atomic E-state index is 0.0182. The minimum atomic E-state index is -4.50. The molecule has 4 nitrogen and oxygen atoms in total. The third-order valence-corrected chi connectivity index (χ3v) is 4.95. The zero-order valence-corrected chi connectivity index (χ0v) is 12.1. The summed E-state index contributed by atoms with van der Waals surface area (Å²) in [5.41, 5.74) is -0.843. The molecule has 0 aromatic heterocycles. The van der Waals surface area contributed by atoms with Crippen LogP contribution in [0.2, 0.25) is 0 Å². The fraction of sp³-hybridized carbons (Fsp3) is 0.500. The second-order valence-corrected chi connectivity index (χ2v) is 6.27. The molecule has 2 fully saturated rings. The lowest BCUT2D eigenvalue weighted by molar-refractivity contribution is -0.314. The van der Waals surface area contributed by atoms with Gasteiger partial charge in [0.05, 0.1) is 5.56 Å². The highest BCUT2D eigenvalue weighted by Crippen LogP contribution is 2.52. The Hall–Kier alpha value is -2.05. The fourth-order valence-electron chi connectivity index (χ4n) is 4.01. The predicted octanol–water partition coefficient (Wildman–Crippen LogP) is 2.06. The van der Waals surface area contributed by atoms with E-state index in [1.165, 1.54) is 12.1 Å². The molecule has 1 amide bonds. The number of carbonyl (C=O) groups excluding carboxylic acids is 2. The van der Waals surface area contributed by atoms with Crippen LogP contribution < -0.4 is 10.4 Å². The summed E-state index contributed by atoms with van der Waals surface area (Å²) >= 11 is 0. The first-order valence-corrected chi connectivity index (χ1v) is 7.46. The number of hydrogen-bond acceptors (Lipinski definition) is 3. The summed E-state index contributed by atoms with van der Waals surface area (Å²) in [6, 6.07) is 4.32. The number of fused-ring (bicyclic) bond motifs is 2. The van der Waals surface area contributed by atoms with Crippen LogP contribution in [0.3, 0.4) is 0 Å². The second kappa shape index (κ2) is 5.54. The number of amides is 1. The minimum Gasteiger partial charge on any atom is -0.550 e. The number of carboxylic acid groups (broad SMARTS) is 1. The van der Waals surface area contributed by atoms with Gasteiger partial charge in [0.2, 0.25) is 5.91 Å². The van der Waals surface area contributed by atoms with Gasteiger partial charge in [0, 0.05) is 23.5 Å². The maximum atomic E-state index is 12.7. The summed E-state index contributed by atoms with van der Waals surface area (Å²) in [5, 5.41) is 13.7. The van der Waals surface area contributed by atoms with Crippen LogP contribution in [0.4, 0.5) is 18.9 Å². The van der Waals surface area contributed by atoms with E-state index in [4.69, 9.17) is 0 Å². The van der Waals surface area contributed by atoms with Gasteiger partial charge in [-0.3, -0.25) is 4.79 Å². The number of benzene rings is 1. The molecule has 1 aromatic carbocycles. The normalized spacial score (nSPS) is 29.5. The van der Waals surface area contributed by atoms with Crippen LogP contribution in [-0.4, -0.2) is 11.9 Å². The van der Waals surface area contributed by atoms with Crippen molar-refractivity contribution in [2.45, 2.75) is 25.4 Å². The van der Waals surface area contributed by atoms with Gasteiger partial charge in [-0.05, 0) is 49.3 Å². The molecule has 2 bridgehead atoms. The van der Waals surface area contributed by atoms with Crippen LogP contribution in [0.1, 0.15) is 24.8 Å². The number of anilines is 1. The summed E-state index contributed by atoms with van der Waals surface area (Å²) < 4.78 is 38.1. The van der Waals surface area contributed by atoms with E-state index in [1.807, 2.05) is 0 Å². The molecule has 2 aliphatic rings. The van der Waals surface area contributed by atoms with E-state index in [1.54, 1.807) is 0 Å². The van der Waals surface area contributed by atoms with Crippen LogP contribution in [0.15, 0.2) is 24.3 Å². The van der Waals surface area contributed by atoms with Gasteiger partial charge in [0.1, 0.15) is 0 Å². The largest absolute Gasteiger partial charge is 0.550 e. The average Bonchev–Trinajstić information content (AvgIpc) is 3.07. The first-order chi connectivity index (χ1) is 10.8. The zero-order valence-electron chi connectivity index (χ0n) is 12.1. The zero-order chi connectivity index (χ0) is 16.8. The molecule has 124 valence electrons.